The Kier molecular flexibility index (Phi) is 3.79. The van der Waals surface area contributed by atoms with Crippen LogP contribution in [0.3, 0.4) is 0 Å². The summed E-state index contributed by atoms with van der Waals surface area (Å²) < 4.78 is 5.70. The van der Waals surface area contributed by atoms with E-state index < -0.39 is 0 Å². The largest absolute Gasteiger partial charge is 0.437 e. The number of aryl methyl sites for hydroxylation is 2. The van der Waals surface area contributed by atoms with Crippen LogP contribution in [0.15, 0.2) is 24.5 Å². The molecule has 0 atom stereocenters. The Hall–Kier alpha value is -1.65. The highest BCUT2D eigenvalue weighted by atomic mass is 35.5. The molecule has 0 spiro atoms. The standard InChI is InChI=1S/C13H14ClN3O/c1-8-5-10(6-9(2)12(8)14)18-13-11(7-15)16-3-4-17-13/h3-6H,7,15H2,1-2H3. The number of nitrogens with zero attached hydrogens (tertiary/aromatic N) is 2. The molecule has 4 nitrogen and oxygen atoms in total. The number of rotatable bonds is 3. The molecule has 0 amide bonds. The number of hydrogen-bond donors (Lipinski definition) is 1. The quantitative estimate of drug-likeness (QED) is 0.925. The Morgan fingerprint density at radius 1 is 1.17 bits per heavy atom. The van der Waals surface area contributed by atoms with Crippen molar-refractivity contribution >= 4 is 11.6 Å². The summed E-state index contributed by atoms with van der Waals surface area (Å²) in [5.41, 5.74) is 8.14. The molecule has 0 radical (unpaired) electrons. The highest BCUT2D eigenvalue weighted by molar-refractivity contribution is 6.32. The van der Waals surface area contributed by atoms with Crippen LogP contribution in [0, 0.1) is 13.8 Å². The van der Waals surface area contributed by atoms with Crippen molar-refractivity contribution in [2.75, 3.05) is 0 Å². The second-order valence-electron chi connectivity index (χ2n) is 3.99. The van der Waals surface area contributed by atoms with E-state index in [4.69, 9.17) is 22.1 Å². The summed E-state index contributed by atoms with van der Waals surface area (Å²) in [6.45, 7) is 4.15. The molecule has 1 heterocycles. The number of aromatic nitrogens is 2. The Bertz CT molecular complexity index is 549. The lowest BCUT2D eigenvalue weighted by molar-refractivity contribution is 0.451. The molecule has 0 aliphatic rings. The maximum absolute atomic E-state index is 6.11. The van der Waals surface area contributed by atoms with E-state index in [1.807, 2.05) is 26.0 Å². The average molecular weight is 264 g/mol. The predicted molar refractivity (Wildman–Crippen MR) is 70.9 cm³/mol. The van der Waals surface area contributed by atoms with Crippen LogP contribution < -0.4 is 10.5 Å². The molecule has 2 N–H and O–H groups in total. The van der Waals surface area contributed by atoms with Crippen LogP contribution >= 0.6 is 11.6 Å². The molecule has 0 fully saturated rings. The first-order valence-electron chi connectivity index (χ1n) is 5.56. The molecule has 2 aromatic rings. The van der Waals surface area contributed by atoms with Crippen LogP contribution in [0.1, 0.15) is 16.8 Å². The number of halogens is 1. The van der Waals surface area contributed by atoms with E-state index >= 15 is 0 Å². The maximum atomic E-state index is 6.11. The maximum Gasteiger partial charge on any atom is 0.242 e. The van der Waals surface area contributed by atoms with Gasteiger partial charge in [0.25, 0.3) is 0 Å². The van der Waals surface area contributed by atoms with Gasteiger partial charge in [-0.25, -0.2) is 4.98 Å². The van der Waals surface area contributed by atoms with Gasteiger partial charge >= 0.3 is 0 Å². The minimum Gasteiger partial charge on any atom is -0.437 e. The third-order valence-electron chi connectivity index (χ3n) is 2.55. The summed E-state index contributed by atoms with van der Waals surface area (Å²) in [6, 6.07) is 3.73. The van der Waals surface area contributed by atoms with Crippen molar-refractivity contribution in [3.63, 3.8) is 0 Å². The predicted octanol–water partition coefficient (Wildman–Crippen LogP) is 3.00. The zero-order chi connectivity index (χ0) is 13.1. The molecule has 5 heteroatoms. The molecule has 0 bridgehead atoms. The monoisotopic (exact) mass is 263 g/mol. The lowest BCUT2D eigenvalue weighted by Crippen LogP contribution is -2.03. The fourth-order valence-corrected chi connectivity index (χ4v) is 1.77. The van der Waals surface area contributed by atoms with Gasteiger partial charge in [-0.2, -0.15) is 0 Å². The van der Waals surface area contributed by atoms with E-state index in [1.54, 1.807) is 12.4 Å². The van der Waals surface area contributed by atoms with Crippen LogP contribution in [0.4, 0.5) is 0 Å². The Labute approximate surface area is 111 Å². The Balaban J connectivity index is 2.34. The number of nitrogens with two attached hydrogens (primary N) is 1. The first kappa shape index (κ1) is 12.8. The first-order chi connectivity index (χ1) is 8.61. The summed E-state index contributed by atoms with van der Waals surface area (Å²) >= 11 is 6.11. The number of hydrogen-bond acceptors (Lipinski definition) is 4. The van der Waals surface area contributed by atoms with Gasteiger partial charge in [0.1, 0.15) is 11.4 Å². The Morgan fingerprint density at radius 3 is 2.39 bits per heavy atom. The van der Waals surface area contributed by atoms with Gasteiger partial charge in [-0.1, -0.05) is 11.6 Å². The van der Waals surface area contributed by atoms with Gasteiger partial charge in [-0.15, -0.1) is 0 Å². The fourth-order valence-electron chi connectivity index (χ4n) is 1.66. The summed E-state index contributed by atoms with van der Waals surface area (Å²) in [4.78, 5) is 8.25. The smallest absolute Gasteiger partial charge is 0.242 e. The van der Waals surface area contributed by atoms with Gasteiger partial charge in [0, 0.05) is 24.0 Å². The molecule has 94 valence electrons. The van der Waals surface area contributed by atoms with E-state index in [9.17, 15) is 0 Å². The lowest BCUT2D eigenvalue weighted by atomic mass is 10.1. The van der Waals surface area contributed by atoms with Gasteiger partial charge < -0.3 is 10.5 Å². The molecule has 0 saturated carbocycles. The zero-order valence-electron chi connectivity index (χ0n) is 10.3. The van der Waals surface area contributed by atoms with Gasteiger partial charge in [0.2, 0.25) is 5.88 Å². The van der Waals surface area contributed by atoms with Crippen LogP contribution in [0.5, 0.6) is 11.6 Å². The van der Waals surface area contributed by atoms with Crippen molar-refractivity contribution in [1.82, 2.24) is 9.97 Å². The molecule has 18 heavy (non-hydrogen) atoms. The normalized spacial score (nSPS) is 10.4. The third-order valence-corrected chi connectivity index (χ3v) is 3.15. The van der Waals surface area contributed by atoms with Crippen LogP contribution in [0.2, 0.25) is 5.02 Å². The van der Waals surface area contributed by atoms with Gasteiger partial charge in [-0.05, 0) is 37.1 Å². The van der Waals surface area contributed by atoms with Gasteiger partial charge in [0.05, 0.1) is 0 Å². The zero-order valence-corrected chi connectivity index (χ0v) is 11.0. The van der Waals surface area contributed by atoms with Gasteiger partial charge in [-0.3, -0.25) is 4.98 Å². The number of ether oxygens (including phenoxy) is 1. The summed E-state index contributed by atoms with van der Waals surface area (Å²) in [5.74, 6) is 1.12. The molecule has 0 aliphatic carbocycles. The lowest BCUT2D eigenvalue weighted by Gasteiger charge is -2.10. The molecule has 0 aliphatic heterocycles. The average Bonchev–Trinajstić information content (AvgIpc) is 2.36. The summed E-state index contributed by atoms with van der Waals surface area (Å²) in [6.07, 6.45) is 3.16. The van der Waals surface area contributed by atoms with E-state index in [2.05, 4.69) is 9.97 Å². The SMILES string of the molecule is Cc1cc(Oc2nccnc2CN)cc(C)c1Cl. The molecule has 0 saturated heterocycles. The van der Waals surface area contributed by atoms with E-state index in [0.717, 1.165) is 16.1 Å². The van der Waals surface area contributed by atoms with Crippen molar-refractivity contribution in [3.8, 4) is 11.6 Å². The fraction of sp³-hybridized carbons (Fsp3) is 0.231. The molecular weight excluding hydrogens is 250 g/mol. The Morgan fingerprint density at radius 2 is 1.78 bits per heavy atom. The highest BCUT2D eigenvalue weighted by Gasteiger charge is 2.08. The molecular formula is C13H14ClN3O. The minimum atomic E-state index is 0.286. The molecule has 0 unspecified atom stereocenters. The van der Waals surface area contributed by atoms with Crippen molar-refractivity contribution in [2.24, 2.45) is 5.73 Å². The van der Waals surface area contributed by atoms with Crippen LogP contribution in [0.25, 0.3) is 0 Å². The number of benzene rings is 1. The second kappa shape index (κ2) is 5.33. The van der Waals surface area contributed by atoms with Crippen LogP contribution in [-0.4, -0.2) is 9.97 Å². The van der Waals surface area contributed by atoms with Gasteiger partial charge in [0.15, 0.2) is 0 Å². The highest BCUT2D eigenvalue weighted by Crippen LogP contribution is 2.29. The van der Waals surface area contributed by atoms with Crippen molar-refractivity contribution in [1.29, 1.82) is 0 Å². The second-order valence-corrected chi connectivity index (χ2v) is 4.36. The summed E-state index contributed by atoms with van der Waals surface area (Å²) in [5, 5.41) is 0.751. The van der Waals surface area contributed by atoms with E-state index in [-0.39, 0.29) is 6.54 Å². The van der Waals surface area contributed by atoms with E-state index in [1.165, 1.54) is 0 Å². The topological polar surface area (TPSA) is 61.0 Å². The van der Waals surface area contributed by atoms with Crippen molar-refractivity contribution in [2.45, 2.75) is 20.4 Å². The van der Waals surface area contributed by atoms with Crippen molar-refractivity contribution in [3.05, 3.63) is 46.4 Å². The molecule has 1 aromatic carbocycles. The third kappa shape index (κ3) is 2.60. The first-order valence-corrected chi connectivity index (χ1v) is 5.94. The summed E-state index contributed by atoms with van der Waals surface area (Å²) in [7, 11) is 0. The minimum absolute atomic E-state index is 0.286. The van der Waals surface area contributed by atoms with E-state index in [0.29, 0.717) is 17.3 Å². The van der Waals surface area contributed by atoms with Crippen molar-refractivity contribution < 1.29 is 4.74 Å². The van der Waals surface area contributed by atoms with Crippen LogP contribution in [-0.2, 0) is 6.54 Å². The molecule has 2 rings (SSSR count). The molecule has 1 aromatic heterocycles.